The molecule has 4 aromatic carbocycles. The van der Waals surface area contributed by atoms with Gasteiger partial charge in [0.25, 0.3) is 0 Å². The van der Waals surface area contributed by atoms with Gasteiger partial charge < -0.3 is 25.2 Å². The fourth-order valence-corrected chi connectivity index (χ4v) is 5.33. The standard InChI is InChI=1S/C22H17N5O11S4.2Na.2Y/c23-19-18-11(10-17(42(33,34)35)21(19)27-25-13-3-7-15(8-4-13)41(31)32)9-16(40-38-36-29)20(22(18)28)26-24-12-1-5-14(6-2-12)39-37-30;;;;/h1-10,28-30H,23H2,(H,31,32)(H,33,34,35);;;;/q;2*+1;;/p-2. The van der Waals surface area contributed by atoms with E-state index in [4.69, 9.17) is 15.5 Å². The van der Waals surface area contributed by atoms with Crippen LogP contribution in [-0.4, -0.2) is 32.1 Å². The Kier molecular flexibility index (Phi) is 22.1. The number of benzene rings is 4. The molecule has 24 heteroatoms. The van der Waals surface area contributed by atoms with Crippen LogP contribution < -0.4 is 70.1 Å². The Balaban J connectivity index is 0.00000506. The minimum Gasteiger partial charge on any atom is -0.744 e. The van der Waals surface area contributed by atoms with Crippen molar-refractivity contribution in [3.05, 3.63) is 60.7 Å². The molecule has 0 heterocycles. The van der Waals surface area contributed by atoms with Crippen molar-refractivity contribution in [3.8, 4) is 5.75 Å². The number of azo groups is 2. The summed E-state index contributed by atoms with van der Waals surface area (Å²) in [5.41, 5.74) is 5.29. The topological polar surface area (TPSA) is 261 Å². The summed E-state index contributed by atoms with van der Waals surface area (Å²) in [6, 6.07) is 13.4. The number of hydrogen-bond donors (Lipinski definition) is 4. The molecule has 0 amide bonds. The molecule has 0 spiro atoms. The summed E-state index contributed by atoms with van der Waals surface area (Å²) < 4.78 is 65.1. The van der Waals surface area contributed by atoms with E-state index >= 15 is 0 Å². The molecule has 0 saturated carbocycles. The Bertz CT molecular complexity index is 1830. The van der Waals surface area contributed by atoms with Crippen LogP contribution in [0.25, 0.3) is 10.8 Å². The van der Waals surface area contributed by atoms with Gasteiger partial charge in [-0.15, -0.1) is 10.2 Å². The molecule has 0 bridgehead atoms. The van der Waals surface area contributed by atoms with Crippen molar-refractivity contribution in [1.82, 2.24) is 0 Å². The van der Waals surface area contributed by atoms with Crippen molar-refractivity contribution in [2.24, 2.45) is 20.5 Å². The maximum absolute atomic E-state index is 12.1. The van der Waals surface area contributed by atoms with Crippen molar-refractivity contribution in [2.45, 2.75) is 19.6 Å². The van der Waals surface area contributed by atoms with Gasteiger partial charge in [0.15, 0.2) is 16.8 Å². The number of nitrogens with zero attached hydrogens (tertiary/aromatic N) is 4. The molecule has 0 aliphatic rings. The Labute approximate surface area is 366 Å². The minimum atomic E-state index is -5.20. The number of phenolic OH excluding ortho intramolecular Hbond substituents is 1. The third-order valence-electron chi connectivity index (χ3n) is 5.27. The molecule has 0 aliphatic heterocycles. The van der Waals surface area contributed by atoms with E-state index in [9.17, 15) is 27.5 Å². The van der Waals surface area contributed by atoms with E-state index in [1.165, 1.54) is 42.5 Å². The second-order valence-corrected chi connectivity index (χ2v) is 11.6. The first-order chi connectivity index (χ1) is 20.0. The average Bonchev–Trinajstić information content (AvgIpc) is 2.95. The van der Waals surface area contributed by atoms with Gasteiger partial charge >= 0.3 is 59.1 Å². The molecule has 0 saturated heterocycles. The zero-order valence-electron chi connectivity index (χ0n) is 23.5. The van der Waals surface area contributed by atoms with Gasteiger partial charge in [0, 0.05) is 70.3 Å². The van der Waals surface area contributed by atoms with Gasteiger partial charge in [0.2, 0.25) is 0 Å². The van der Waals surface area contributed by atoms with Crippen molar-refractivity contribution in [1.29, 1.82) is 0 Å². The largest absolute Gasteiger partial charge is 1.00 e. The maximum atomic E-state index is 12.1. The number of anilines is 1. The Morgan fingerprint density at radius 3 is 1.91 bits per heavy atom. The molecule has 226 valence electrons. The van der Waals surface area contributed by atoms with Gasteiger partial charge in [-0.05, 0) is 66.0 Å². The molecule has 4 rings (SSSR count). The van der Waals surface area contributed by atoms with Crippen LogP contribution in [0, 0.1) is 0 Å². The summed E-state index contributed by atoms with van der Waals surface area (Å²) in [6.07, 6.45) is 0. The maximum Gasteiger partial charge on any atom is 1.00 e. The SMILES string of the molecule is Nc1c(N=Nc2ccc(S(=O)O)cc2)c(S(=O)(=O)[O-])cc2cc(SOO[O-])c(N=Nc3ccc(SOO)cc3)c(O)c12.[Na+].[Na+].[Y].[Y]. The molecule has 0 fully saturated rings. The van der Waals surface area contributed by atoms with Gasteiger partial charge in [-0.25, -0.2) is 17.9 Å². The summed E-state index contributed by atoms with van der Waals surface area (Å²) >= 11 is -1.25. The summed E-state index contributed by atoms with van der Waals surface area (Å²) in [7, 11) is -5.20. The summed E-state index contributed by atoms with van der Waals surface area (Å²) in [5.74, 6) is -0.646. The van der Waals surface area contributed by atoms with Gasteiger partial charge in [0.05, 0.1) is 61.2 Å². The van der Waals surface area contributed by atoms with E-state index in [1.807, 2.05) is 0 Å². The molecule has 1 atom stereocenters. The van der Waals surface area contributed by atoms with Crippen LogP contribution in [0.2, 0.25) is 0 Å². The quantitative estimate of drug-likeness (QED) is 0.0210. The molecule has 0 aliphatic carbocycles. The minimum absolute atomic E-state index is 0. The van der Waals surface area contributed by atoms with Crippen LogP contribution in [0.15, 0.2) is 101 Å². The number of rotatable bonds is 11. The van der Waals surface area contributed by atoms with E-state index in [1.54, 1.807) is 12.1 Å². The van der Waals surface area contributed by atoms with Gasteiger partial charge in [-0.2, -0.15) is 18.9 Å². The molecule has 1 unspecified atom stereocenters. The van der Waals surface area contributed by atoms with Crippen molar-refractivity contribution >= 4 is 84.5 Å². The number of aromatic hydroxyl groups is 1. The van der Waals surface area contributed by atoms with E-state index in [-0.39, 0.29) is 156 Å². The molecule has 0 aromatic heterocycles. The molecular formula is C22H15N5Na2O11S4Y2. The van der Waals surface area contributed by atoms with E-state index < -0.39 is 43.2 Å². The average molecular weight is 877 g/mol. The number of fused-ring (bicyclic) bond motifs is 1. The predicted octanol–water partition coefficient (Wildman–Crippen LogP) is -0.827. The Hall–Kier alpha value is 0.668. The second-order valence-electron chi connectivity index (χ2n) is 7.78. The number of nitrogen functional groups attached to an aromatic ring is 1. The van der Waals surface area contributed by atoms with Crippen molar-refractivity contribution in [3.63, 3.8) is 0 Å². The first-order valence-electron chi connectivity index (χ1n) is 10.9. The number of nitrogens with two attached hydrogens (primary N) is 1. The van der Waals surface area contributed by atoms with Crippen LogP contribution in [0.1, 0.15) is 0 Å². The summed E-state index contributed by atoms with van der Waals surface area (Å²) in [5, 5.41) is 49.0. The monoisotopic (exact) mass is 877 g/mol. The van der Waals surface area contributed by atoms with E-state index in [0.717, 1.165) is 6.07 Å². The first-order valence-corrected chi connectivity index (χ1v) is 14.9. The summed E-state index contributed by atoms with van der Waals surface area (Å²) in [4.78, 5) is -0.340. The zero-order valence-corrected chi connectivity index (χ0v) is 36.5. The van der Waals surface area contributed by atoms with E-state index in [0.29, 0.717) is 34.7 Å². The van der Waals surface area contributed by atoms with Gasteiger partial charge in [-0.3, -0.25) is 5.04 Å². The Morgan fingerprint density at radius 2 is 1.41 bits per heavy atom. The van der Waals surface area contributed by atoms with Crippen molar-refractivity contribution in [2.75, 3.05) is 5.73 Å². The third-order valence-corrected chi connectivity index (χ3v) is 7.95. The normalized spacial score (nSPS) is 11.8. The first kappa shape index (κ1) is 46.7. The number of phenols is 1. The van der Waals surface area contributed by atoms with Crippen molar-refractivity contribution < 1.29 is 176 Å². The second kappa shape index (κ2) is 21.8. The Morgan fingerprint density at radius 1 is 0.870 bits per heavy atom. The summed E-state index contributed by atoms with van der Waals surface area (Å²) in [6.45, 7) is 0. The molecule has 4 aromatic rings. The molecule has 5 N–H and O–H groups in total. The van der Waals surface area contributed by atoms with Crippen LogP contribution >= 0.6 is 24.1 Å². The molecule has 46 heavy (non-hydrogen) atoms. The number of hydrogen-bond acceptors (Lipinski definition) is 17. The molecule has 2 radical (unpaired) electrons. The fourth-order valence-electron chi connectivity index (χ4n) is 3.47. The van der Waals surface area contributed by atoms with Crippen LogP contribution in [0.3, 0.4) is 0 Å². The predicted molar refractivity (Wildman–Crippen MR) is 146 cm³/mol. The van der Waals surface area contributed by atoms with E-state index in [2.05, 4.69) is 34.2 Å². The third kappa shape index (κ3) is 12.2. The smallest absolute Gasteiger partial charge is 0.744 e. The fraction of sp³-hybridized carbons (Fsp3) is 0. The zero-order chi connectivity index (χ0) is 30.4. The molecular weight excluding hydrogens is 862 g/mol. The molecule has 16 nitrogen and oxygen atoms in total. The van der Waals surface area contributed by atoms with Crippen LogP contribution in [0.4, 0.5) is 28.4 Å². The van der Waals surface area contributed by atoms with Crippen LogP contribution in [-0.2, 0) is 100 Å². The van der Waals surface area contributed by atoms with Crippen LogP contribution in [0.5, 0.6) is 5.75 Å². The van der Waals surface area contributed by atoms with Gasteiger partial charge in [0.1, 0.15) is 21.5 Å². The van der Waals surface area contributed by atoms with Gasteiger partial charge in [-0.1, -0.05) is 0 Å².